The standard InChI is InChI=1S/C11H15N3O4S/c1-7-10(5-14(3)12-7)13-19(16,17)11-4-9(6-15)18-8(11)2/h4-5,13,15H,6H2,1-3H3. The molecule has 0 bridgehead atoms. The van der Waals surface area contributed by atoms with Crippen molar-refractivity contribution in [3.05, 3.63) is 29.5 Å². The maximum atomic E-state index is 12.2. The van der Waals surface area contributed by atoms with Crippen LogP contribution in [-0.4, -0.2) is 23.3 Å². The highest BCUT2D eigenvalue weighted by Crippen LogP contribution is 2.23. The van der Waals surface area contributed by atoms with Crippen LogP contribution in [0.1, 0.15) is 17.2 Å². The highest BCUT2D eigenvalue weighted by molar-refractivity contribution is 7.92. The quantitative estimate of drug-likeness (QED) is 0.870. The third-order valence-electron chi connectivity index (χ3n) is 2.63. The summed E-state index contributed by atoms with van der Waals surface area (Å²) in [5.41, 5.74) is 0.989. The molecule has 2 aromatic heterocycles. The van der Waals surface area contributed by atoms with Gasteiger partial charge in [-0.15, -0.1) is 0 Å². The summed E-state index contributed by atoms with van der Waals surface area (Å²) in [5.74, 6) is 0.443. The van der Waals surface area contributed by atoms with Crippen LogP contribution in [0.5, 0.6) is 0 Å². The van der Waals surface area contributed by atoms with E-state index in [1.54, 1.807) is 20.2 Å². The van der Waals surface area contributed by atoms with E-state index >= 15 is 0 Å². The molecule has 0 saturated carbocycles. The van der Waals surface area contributed by atoms with Gasteiger partial charge in [0.15, 0.2) is 0 Å². The lowest BCUT2D eigenvalue weighted by molar-refractivity contribution is 0.245. The Morgan fingerprint density at radius 2 is 2.16 bits per heavy atom. The van der Waals surface area contributed by atoms with Crippen molar-refractivity contribution in [2.24, 2.45) is 7.05 Å². The lowest BCUT2D eigenvalue weighted by Gasteiger charge is -2.05. The molecule has 2 aromatic rings. The number of aliphatic hydroxyl groups excluding tert-OH is 1. The highest BCUT2D eigenvalue weighted by atomic mass is 32.2. The molecule has 2 heterocycles. The van der Waals surface area contributed by atoms with Crippen LogP contribution in [0.4, 0.5) is 5.69 Å². The summed E-state index contributed by atoms with van der Waals surface area (Å²) >= 11 is 0. The normalized spacial score (nSPS) is 11.8. The summed E-state index contributed by atoms with van der Waals surface area (Å²) in [4.78, 5) is 0.0137. The number of aryl methyl sites for hydroxylation is 3. The number of hydrogen-bond donors (Lipinski definition) is 2. The number of anilines is 1. The molecule has 0 fully saturated rings. The molecule has 0 atom stereocenters. The molecule has 2 rings (SSSR count). The number of furan rings is 1. The molecule has 0 saturated heterocycles. The monoisotopic (exact) mass is 285 g/mol. The molecule has 0 aliphatic carbocycles. The maximum absolute atomic E-state index is 12.2. The second kappa shape index (κ2) is 4.71. The van der Waals surface area contributed by atoms with Crippen molar-refractivity contribution >= 4 is 15.7 Å². The fraction of sp³-hybridized carbons (Fsp3) is 0.364. The Balaban J connectivity index is 2.37. The Labute approximate surface area is 110 Å². The third kappa shape index (κ3) is 2.64. The molecule has 19 heavy (non-hydrogen) atoms. The van der Waals surface area contributed by atoms with E-state index < -0.39 is 10.0 Å². The van der Waals surface area contributed by atoms with Gasteiger partial charge in [0, 0.05) is 19.3 Å². The zero-order chi connectivity index (χ0) is 14.2. The lowest BCUT2D eigenvalue weighted by Crippen LogP contribution is -2.13. The SMILES string of the molecule is Cc1nn(C)cc1NS(=O)(=O)c1cc(CO)oc1C. The van der Waals surface area contributed by atoms with Crippen LogP contribution < -0.4 is 4.72 Å². The predicted molar refractivity (Wildman–Crippen MR) is 68.1 cm³/mol. The zero-order valence-corrected chi connectivity index (χ0v) is 11.7. The van der Waals surface area contributed by atoms with E-state index in [9.17, 15) is 8.42 Å². The van der Waals surface area contributed by atoms with Crippen molar-refractivity contribution in [3.63, 3.8) is 0 Å². The molecule has 0 aliphatic rings. The molecular weight excluding hydrogens is 270 g/mol. The molecule has 0 spiro atoms. The average molecular weight is 285 g/mol. The van der Waals surface area contributed by atoms with Crippen LogP contribution in [0.2, 0.25) is 0 Å². The molecular formula is C11H15N3O4S. The van der Waals surface area contributed by atoms with E-state index in [-0.39, 0.29) is 23.0 Å². The van der Waals surface area contributed by atoms with Crippen molar-refractivity contribution in [1.29, 1.82) is 0 Å². The molecule has 104 valence electrons. The molecule has 7 nitrogen and oxygen atoms in total. The minimum absolute atomic E-state index is 0.0137. The van der Waals surface area contributed by atoms with Crippen LogP contribution in [-0.2, 0) is 23.7 Å². The molecule has 8 heteroatoms. The van der Waals surface area contributed by atoms with Gasteiger partial charge in [-0.2, -0.15) is 5.10 Å². The van der Waals surface area contributed by atoms with E-state index in [4.69, 9.17) is 9.52 Å². The molecule has 0 unspecified atom stereocenters. The Kier molecular flexibility index (Phi) is 3.38. The Bertz CT molecular complexity index is 700. The lowest BCUT2D eigenvalue weighted by atomic mass is 10.4. The highest BCUT2D eigenvalue weighted by Gasteiger charge is 2.22. The second-order valence-electron chi connectivity index (χ2n) is 4.20. The maximum Gasteiger partial charge on any atom is 0.265 e. The van der Waals surface area contributed by atoms with Gasteiger partial charge in [-0.3, -0.25) is 9.40 Å². The first-order valence-electron chi connectivity index (χ1n) is 5.56. The fourth-order valence-corrected chi connectivity index (χ4v) is 3.08. The first-order valence-corrected chi connectivity index (χ1v) is 7.05. The van der Waals surface area contributed by atoms with Crippen molar-refractivity contribution in [1.82, 2.24) is 9.78 Å². The van der Waals surface area contributed by atoms with Crippen molar-refractivity contribution < 1.29 is 17.9 Å². The van der Waals surface area contributed by atoms with E-state index in [0.717, 1.165) is 0 Å². The Morgan fingerprint density at radius 3 is 2.63 bits per heavy atom. The van der Waals surface area contributed by atoms with E-state index in [1.807, 2.05) is 0 Å². The van der Waals surface area contributed by atoms with Gasteiger partial charge in [0.2, 0.25) is 0 Å². The van der Waals surface area contributed by atoms with Gasteiger partial charge in [-0.05, 0) is 13.8 Å². The van der Waals surface area contributed by atoms with Crippen LogP contribution in [0.15, 0.2) is 21.6 Å². The summed E-state index contributed by atoms with van der Waals surface area (Å²) in [6, 6.07) is 1.31. The zero-order valence-electron chi connectivity index (χ0n) is 10.8. The van der Waals surface area contributed by atoms with Crippen LogP contribution in [0.25, 0.3) is 0 Å². The molecule has 2 N–H and O–H groups in total. The third-order valence-corrected chi connectivity index (χ3v) is 4.10. The number of sulfonamides is 1. The summed E-state index contributed by atoms with van der Waals surface area (Å²) in [7, 11) is -2.04. The molecule has 0 amide bonds. The average Bonchev–Trinajstić information content (AvgIpc) is 2.82. The van der Waals surface area contributed by atoms with Crippen molar-refractivity contribution in [3.8, 4) is 0 Å². The molecule has 0 aliphatic heterocycles. The Morgan fingerprint density at radius 1 is 1.47 bits per heavy atom. The van der Waals surface area contributed by atoms with E-state index in [2.05, 4.69) is 9.82 Å². The smallest absolute Gasteiger partial charge is 0.265 e. The number of rotatable bonds is 4. The van der Waals surface area contributed by atoms with Gasteiger partial charge in [0.25, 0.3) is 10.0 Å². The number of hydrogen-bond acceptors (Lipinski definition) is 5. The van der Waals surface area contributed by atoms with Crippen molar-refractivity contribution in [2.75, 3.05) is 4.72 Å². The van der Waals surface area contributed by atoms with E-state index in [0.29, 0.717) is 11.4 Å². The topological polar surface area (TPSA) is 97.4 Å². The fourth-order valence-electron chi connectivity index (χ4n) is 1.77. The first-order chi connectivity index (χ1) is 8.83. The van der Waals surface area contributed by atoms with Crippen LogP contribution in [0.3, 0.4) is 0 Å². The number of aliphatic hydroxyl groups is 1. The molecule has 0 aromatic carbocycles. The second-order valence-corrected chi connectivity index (χ2v) is 5.85. The minimum Gasteiger partial charge on any atom is -0.462 e. The van der Waals surface area contributed by atoms with Crippen LogP contribution >= 0.6 is 0 Å². The van der Waals surface area contributed by atoms with Gasteiger partial charge < -0.3 is 9.52 Å². The number of aromatic nitrogens is 2. The van der Waals surface area contributed by atoms with Crippen molar-refractivity contribution in [2.45, 2.75) is 25.3 Å². The van der Waals surface area contributed by atoms with Gasteiger partial charge >= 0.3 is 0 Å². The van der Waals surface area contributed by atoms with E-state index in [1.165, 1.54) is 17.7 Å². The minimum atomic E-state index is -3.75. The van der Waals surface area contributed by atoms with Gasteiger partial charge in [0.05, 0.1) is 11.4 Å². The summed E-state index contributed by atoms with van der Waals surface area (Å²) in [5, 5.41) is 13.0. The first kappa shape index (κ1) is 13.6. The molecule has 0 radical (unpaired) electrons. The summed E-state index contributed by atoms with van der Waals surface area (Å²) in [6.07, 6.45) is 1.58. The van der Waals surface area contributed by atoms with Gasteiger partial charge in [-0.1, -0.05) is 0 Å². The Hall–Kier alpha value is -1.80. The number of nitrogens with one attached hydrogen (secondary N) is 1. The summed E-state index contributed by atoms with van der Waals surface area (Å²) in [6.45, 7) is 2.89. The predicted octanol–water partition coefficient (Wildman–Crippen LogP) is 0.923. The van der Waals surface area contributed by atoms with Gasteiger partial charge in [-0.25, -0.2) is 8.42 Å². The van der Waals surface area contributed by atoms with Gasteiger partial charge in [0.1, 0.15) is 23.0 Å². The van der Waals surface area contributed by atoms with Crippen LogP contribution in [0, 0.1) is 13.8 Å². The number of nitrogens with zero attached hydrogens (tertiary/aromatic N) is 2. The largest absolute Gasteiger partial charge is 0.462 e. The summed E-state index contributed by atoms with van der Waals surface area (Å²) < 4.78 is 33.6.